The van der Waals surface area contributed by atoms with Crippen LogP contribution in [0.4, 0.5) is 34.1 Å². The van der Waals surface area contributed by atoms with Gasteiger partial charge in [0.2, 0.25) is 0 Å². The quantitative estimate of drug-likeness (QED) is 0.107. The third-order valence-electron chi connectivity index (χ3n) is 26.7. The molecule has 0 N–H and O–H groups in total. The molecule has 128 heavy (non-hydrogen) atoms. The molecule has 2 nitrogen and oxygen atoms in total. The van der Waals surface area contributed by atoms with Crippen LogP contribution in [0, 0.1) is 0 Å². The Morgan fingerprint density at radius 3 is 0.953 bits per heavy atom. The molecule has 0 fully saturated rings. The van der Waals surface area contributed by atoms with E-state index in [1.807, 2.05) is 45.3 Å². The van der Waals surface area contributed by atoms with Crippen LogP contribution in [-0.2, 0) is 10.8 Å². The Bertz CT molecular complexity index is 8360. The molecule has 0 bridgehead atoms. The molecule has 0 saturated carbocycles. The number of benzene rings is 20. The van der Waals surface area contributed by atoms with E-state index >= 15 is 0 Å². The Morgan fingerprint density at radius 2 is 0.477 bits per heavy atom. The van der Waals surface area contributed by atoms with Crippen molar-refractivity contribution in [3.8, 4) is 66.8 Å². The summed E-state index contributed by atoms with van der Waals surface area (Å²) in [5, 5.41) is 10.5. The van der Waals surface area contributed by atoms with Gasteiger partial charge in [0.1, 0.15) is 0 Å². The summed E-state index contributed by atoms with van der Waals surface area (Å²) < 4.78 is 10.5. The minimum atomic E-state index is -0.510. The number of nitrogens with zero attached hydrogens (tertiary/aromatic N) is 2. The summed E-state index contributed by atoms with van der Waals surface area (Å²) in [5.74, 6) is 0. The predicted octanol–water partition coefficient (Wildman–Crippen LogP) is 35.2. The van der Waals surface area contributed by atoms with Gasteiger partial charge in [-0.2, -0.15) is 0 Å². The molecule has 0 radical (unpaired) electrons. The van der Waals surface area contributed by atoms with Gasteiger partial charge in [0.05, 0.1) is 22.2 Å². The van der Waals surface area contributed by atoms with E-state index in [0.717, 1.165) is 34.1 Å². The highest BCUT2D eigenvalue weighted by Gasteiger charge is 2.49. The van der Waals surface area contributed by atoms with Crippen molar-refractivity contribution in [2.45, 2.75) is 10.8 Å². The van der Waals surface area contributed by atoms with Gasteiger partial charge in [-0.05, 0) is 209 Å². The van der Waals surface area contributed by atoms with E-state index < -0.39 is 10.8 Å². The number of fused-ring (bicyclic) bond motifs is 18. The molecule has 4 aromatic heterocycles. The van der Waals surface area contributed by atoms with Gasteiger partial charge in [-0.1, -0.05) is 364 Å². The lowest BCUT2D eigenvalue weighted by atomic mass is 9.68. The SMILES string of the molecule is c1ccc(C2(c3ccccc3)c3ccccc3-c3c(N(c4ccc(-c5ccc6c(c5)sc5ccccc56)cc4)c4cccc(-c5ccc6sc7ccccc7c6c5)c4)cccc32)cc1.c1ccc(C2(c3ccccc3)c3ccccc3-c3c(N(c4ccc(-c5ccc6c(c5)sc5ccccc56)cc4)c4cccc(-c5cccc6c5sc5ccccc56)c4)cccc32)cc1. The minimum absolute atomic E-state index is 0.508. The highest BCUT2D eigenvalue weighted by atomic mass is 32.1. The van der Waals surface area contributed by atoms with Crippen LogP contribution in [-0.4, -0.2) is 0 Å². The van der Waals surface area contributed by atoms with Crippen molar-refractivity contribution in [1.29, 1.82) is 0 Å². The summed E-state index contributed by atoms with van der Waals surface area (Å²) in [4.78, 5) is 4.98. The first kappa shape index (κ1) is 75.4. The molecule has 0 saturated heterocycles. The third kappa shape index (κ3) is 12.2. The molecule has 0 spiro atoms. The summed E-state index contributed by atoms with van der Waals surface area (Å²) in [7, 11) is 0. The minimum Gasteiger partial charge on any atom is -0.310 e. The second kappa shape index (κ2) is 30.9. The molecule has 0 amide bonds. The van der Waals surface area contributed by atoms with E-state index in [-0.39, 0.29) is 0 Å². The van der Waals surface area contributed by atoms with Crippen LogP contribution in [0.1, 0.15) is 44.5 Å². The Balaban J connectivity index is 0.000000139. The van der Waals surface area contributed by atoms with Crippen molar-refractivity contribution in [2.24, 2.45) is 0 Å². The Kier molecular flexibility index (Phi) is 18.2. The zero-order valence-electron chi connectivity index (χ0n) is 69.6. The smallest absolute Gasteiger partial charge is 0.0714 e. The summed E-state index contributed by atoms with van der Waals surface area (Å²) in [5.41, 5.74) is 30.6. The molecular formula is C122H78N2S4. The highest BCUT2D eigenvalue weighted by molar-refractivity contribution is 7.27. The lowest BCUT2D eigenvalue weighted by Gasteiger charge is -2.34. The standard InChI is InChI=1S/2C61H39NS2/c1-3-17-43(18-4-1)61(44-19-5-2-6-20-44)53-27-10-7-24-52(53)59-54(61)28-15-29-55(59)62(45-35-32-40(33-36-45)41-34-37-50-48-22-8-11-30-56(48)63-58(50)39-41)46-21-13-16-42(38-46)47-25-14-26-51-49-23-9-12-31-57(49)64-60(47)51;1-3-16-44(17-4-1)61(45-18-5-2-6-19-45)53-24-10-7-23-51(53)60-54(61)25-14-26-55(60)62(46-33-29-40(30-34-46)43-31-35-50-48-21-8-11-27-56(48)64-59(50)39-43)47-20-13-15-41(37-47)42-32-36-58-52(38-42)49-22-9-12-28-57(49)63-58/h2*1-39H. The maximum Gasteiger partial charge on any atom is 0.0714 e. The summed E-state index contributed by atoms with van der Waals surface area (Å²) in [6.07, 6.45) is 0. The van der Waals surface area contributed by atoms with Gasteiger partial charge in [0, 0.05) is 115 Å². The molecule has 4 heterocycles. The van der Waals surface area contributed by atoms with Gasteiger partial charge in [-0.3, -0.25) is 0 Å². The number of hydrogen-bond acceptors (Lipinski definition) is 6. The number of rotatable bonds is 14. The van der Waals surface area contributed by atoms with Crippen LogP contribution in [0.2, 0.25) is 0 Å². The van der Waals surface area contributed by atoms with Gasteiger partial charge < -0.3 is 9.80 Å². The molecular weight excluding hydrogens is 1620 g/mol. The molecule has 600 valence electrons. The fraction of sp³-hybridized carbons (Fsp3) is 0.0164. The fourth-order valence-electron chi connectivity index (χ4n) is 21.1. The summed E-state index contributed by atoms with van der Waals surface area (Å²) >= 11 is 7.48. The molecule has 2 aliphatic rings. The predicted molar refractivity (Wildman–Crippen MR) is 550 cm³/mol. The van der Waals surface area contributed by atoms with Gasteiger partial charge >= 0.3 is 0 Å². The van der Waals surface area contributed by atoms with Crippen LogP contribution < -0.4 is 9.80 Å². The van der Waals surface area contributed by atoms with E-state index in [1.165, 1.54) is 192 Å². The van der Waals surface area contributed by atoms with Crippen molar-refractivity contribution in [2.75, 3.05) is 9.80 Å². The maximum atomic E-state index is 2.50. The van der Waals surface area contributed by atoms with E-state index in [1.54, 1.807) is 0 Å². The number of anilines is 6. The van der Waals surface area contributed by atoms with Gasteiger partial charge in [0.15, 0.2) is 0 Å². The van der Waals surface area contributed by atoms with E-state index in [2.05, 4.69) is 483 Å². The first-order valence-corrected chi connectivity index (χ1v) is 47.1. The maximum absolute atomic E-state index is 2.50. The average molecular weight is 1700 g/mol. The Labute approximate surface area is 759 Å². The van der Waals surface area contributed by atoms with E-state index in [9.17, 15) is 0 Å². The van der Waals surface area contributed by atoms with Gasteiger partial charge in [0.25, 0.3) is 0 Å². The van der Waals surface area contributed by atoms with Crippen molar-refractivity contribution >= 4 is 160 Å². The molecule has 2 aliphatic carbocycles. The van der Waals surface area contributed by atoms with Crippen LogP contribution in [0.25, 0.3) is 147 Å². The first-order valence-electron chi connectivity index (χ1n) is 43.8. The first-order chi connectivity index (χ1) is 63.5. The molecule has 20 aromatic carbocycles. The van der Waals surface area contributed by atoms with Crippen LogP contribution >= 0.6 is 45.3 Å². The normalized spacial score (nSPS) is 12.8. The Morgan fingerprint density at radius 1 is 0.164 bits per heavy atom. The lowest BCUT2D eigenvalue weighted by molar-refractivity contribution is 0.768. The van der Waals surface area contributed by atoms with Crippen molar-refractivity contribution in [3.63, 3.8) is 0 Å². The summed E-state index contributed by atoms with van der Waals surface area (Å²) in [6.45, 7) is 0. The molecule has 26 rings (SSSR count). The average Bonchev–Trinajstić information content (AvgIpc) is 1.53. The molecule has 0 atom stereocenters. The topological polar surface area (TPSA) is 6.48 Å². The molecule has 24 aromatic rings. The molecule has 6 heteroatoms. The van der Waals surface area contributed by atoms with Crippen molar-refractivity contribution < 1.29 is 0 Å². The third-order valence-corrected chi connectivity index (χ3v) is 31.4. The molecule has 0 aliphatic heterocycles. The zero-order valence-corrected chi connectivity index (χ0v) is 72.8. The Hall–Kier alpha value is -15.1. The zero-order chi connectivity index (χ0) is 84.4. The highest BCUT2D eigenvalue weighted by Crippen LogP contribution is 2.63. The largest absolute Gasteiger partial charge is 0.310 e. The van der Waals surface area contributed by atoms with Gasteiger partial charge in [-0.25, -0.2) is 0 Å². The van der Waals surface area contributed by atoms with Gasteiger partial charge in [-0.15, -0.1) is 45.3 Å². The van der Waals surface area contributed by atoms with Crippen molar-refractivity contribution in [3.05, 3.63) is 518 Å². The van der Waals surface area contributed by atoms with E-state index in [0.29, 0.717) is 0 Å². The van der Waals surface area contributed by atoms with Crippen LogP contribution in [0.15, 0.2) is 473 Å². The van der Waals surface area contributed by atoms with Crippen molar-refractivity contribution in [1.82, 2.24) is 0 Å². The molecule has 0 unspecified atom stereocenters. The van der Waals surface area contributed by atoms with Crippen LogP contribution in [0.5, 0.6) is 0 Å². The number of hydrogen-bond donors (Lipinski definition) is 0. The fourth-order valence-corrected chi connectivity index (χ4v) is 25.7. The van der Waals surface area contributed by atoms with Crippen LogP contribution in [0.3, 0.4) is 0 Å². The summed E-state index contributed by atoms with van der Waals surface area (Å²) in [6, 6.07) is 176. The second-order valence-electron chi connectivity index (χ2n) is 33.5. The number of thiophene rings is 4. The lowest BCUT2D eigenvalue weighted by Crippen LogP contribution is -2.28. The second-order valence-corrected chi connectivity index (χ2v) is 37.8. The monoisotopic (exact) mass is 1700 g/mol. The van der Waals surface area contributed by atoms with E-state index in [4.69, 9.17) is 0 Å².